The maximum absolute atomic E-state index is 12.0. The van der Waals surface area contributed by atoms with Gasteiger partial charge in [0.1, 0.15) is 5.75 Å². The molecule has 0 saturated heterocycles. The number of hydrogen-bond acceptors (Lipinski definition) is 2. The molecule has 0 aliphatic heterocycles. The minimum absolute atomic E-state index is 0.0734. The molecule has 1 aromatic carbocycles. The minimum Gasteiger partial charge on any atom is -0.496 e. The average molecular weight is 271 g/mol. The van der Waals surface area contributed by atoms with Gasteiger partial charge in [-0.1, -0.05) is 35.0 Å². The number of methoxy groups -OCH3 is 1. The van der Waals surface area contributed by atoms with Gasteiger partial charge in [-0.25, -0.2) is 0 Å². The summed E-state index contributed by atoms with van der Waals surface area (Å²) in [5.74, 6) is 0.731. The quantitative estimate of drug-likeness (QED) is 0.620. The third-order valence-electron chi connectivity index (χ3n) is 2.32. The van der Waals surface area contributed by atoms with Crippen LogP contribution in [0.25, 0.3) is 0 Å². The van der Waals surface area contributed by atoms with Crippen LogP contribution in [-0.4, -0.2) is 17.7 Å². The van der Waals surface area contributed by atoms with E-state index >= 15 is 0 Å². The Morgan fingerprint density at radius 2 is 2.20 bits per heavy atom. The molecule has 0 saturated carbocycles. The molecule has 0 aromatic heterocycles. The SMILES string of the molecule is CCc1cccc(OC)c1C(=O)C(C)Br. The Hall–Kier alpha value is -0.830. The number of ether oxygens (including phenoxy) is 1. The molecule has 0 aliphatic carbocycles. The number of carbonyl (C=O) groups excluding carboxylic acids is 1. The van der Waals surface area contributed by atoms with Crippen molar-refractivity contribution in [3.63, 3.8) is 0 Å². The van der Waals surface area contributed by atoms with Gasteiger partial charge in [-0.3, -0.25) is 4.79 Å². The highest BCUT2D eigenvalue weighted by Crippen LogP contribution is 2.25. The topological polar surface area (TPSA) is 26.3 Å². The summed E-state index contributed by atoms with van der Waals surface area (Å²) >= 11 is 3.30. The van der Waals surface area contributed by atoms with Gasteiger partial charge in [-0.2, -0.15) is 0 Å². The van der Waals surface area contributed by atoms with Gasteiger partial charge in [0.25, 0.3) is 0 Å². The number of aryl methyl sites for hydroxylation is 1. The van der Waals surface area contributed by atoms with E-state index in [0.717, 1.165) is 12.0 Å². The van der Waals surface area contributed by atoms with Crippen molar-refractivity contribution in [2.75, 3.05) is 7.11 Å². The highest BCUT2D eigenvalue weighted by molar-refractivity contribution is 9.10. The third-order valence-corrected chi connectivity index (χ3v) is 2.74. The van der Waals surface area contributed by atoms with Crippen LogP contribution in [0.5, 0.6) is 5.75 Å². The fourth-order valence-corrected chi connectivity index (χ4v) is 1.75. The summed E-state index contributed by atoms with van der Waals surface area (Å²) in [6.45, 7) is 3.86. The Labute approximate surface area is 98.8 Å². The van der Waals surface area contributed by atoms with Crippen LogP contribution in [0.1, 0.15) is 29.8 Å². The van der Waals surface area contributed by atoms with Gasteiger partial charge in [0.05, 0.1) is 17.5 Å². The second-order valence-corrected chi connectivity index (χ2v) is 4.70. The Bertz CT molecular complexity index is 336. The molecular weight excluding hydrogens is 256 g/mol. The van der Waals surface area contributed by atoms with Crippen molar-refractivity contribution < 1.29 is 9.53 Å². The molecule has 0 bridgehead atoms. The number of halogens is 1. The van der Waals surface area contributed by atoms with Gasteiger partial charge in [-0.15, -0.1) is 0 Å². The molecule has 1 unspecified atom stereocenters. The van der Waals surface area contributed by atoms with Crippen molar-refractivity contribution in [3.8, 4) is 5.75 Å². The number of hydrogen-bond donors (Lipinski definition) is 0. The van der Waals surface area contributed by atoms with Gasteiger partial charge in [0.2, 0.25) is 0 Å². The summed E-state index contributed by atoms with van der Waals surface area (Å²) in [6, 6.07) is 5.69. The van der Waals surface area contributed by atoms with Crippen molar-refractivity contribution in [2.45, 2.75) is 25.1 Å². The first kappa shape index (κ1) is 12.2. The number of rotatable bonds is 4. The highest BCUT2D eigenvalue weighted by atomic mass is 79.9. The van der Waals surface area contributed by atoms with Crippen LogP contribution in [0.15, 0.2) is 18.2 Å². The van der Waals surface area contributed by atoms with Crippen LogP contribution in [0.4, 0.5) is 0 Å². The van der Waals surface area contributed by atoms with Crippen LogP contribution >= 0.6 is 15.9 Å². The number of carbonyl (C=O) groups is 1. The number of benzene rings is 1. The van der Waals surface area contributed by atoms with Crippen LogP contribution in [-0.2, 0) is 6.42 Å². The van der Waals surface area contributed by atoms with Crippen LogP contribution in [0, 0.1) is 0 Å². The Kier molecular flexibility index (Phi) is 4.33. The number of alkyl halides is 1. The number of Topliss-reactive ketones (excluding diaryl/α,β-unsaturated/α-hetero) is 1. The molecule has 0 radical (unpaired) electrons. The van der Waals surface area contributed by atoms with Gasteiger partial charge in [0, 0.05) is 0 Å². The van der Waals surface area contributed by atoms with Crippen LogP contribution in [0.2, 0.25) is 0 Å². The molecule has 0 spiro atoms. The maximum Gasteiger partial charge on any atom is 0.180 e. The van der Waals surface area contributed by atoms with Crippen LogP contribution < -0.4 is 4.74 Å². The van der Waals surface area contributed by atoms with E-state index in [-0.39, 0.29) is 10.6 Å². The lowest BCUT2D eigenvalue weighted by molar-refractivity contribution is 0.0992. The zero-order valence-corrected chi connectivity index (χ0v) is 10.8. The maximum atomic E-state index is 12.0. The third kappa shape index (κ3) is 2.59. The molecule has 15 heavy (non-hydrogen) atoms. The number of ketones is 1. The highest BCUT2D eigenvalue weighted by Gasteiger charge is 2.19. The van der Waals surface area contributed by atoms with E-state index in [4.69, 9.17) is 4.74 Å². The predicted molar refractivity (Wildman–Crippen MR) is 65.1 cm³/mol. The molecule has 2 nitrogen and oxygen atoms in total. The fraction of sp³-hybridized carbons (Fsp3) is 0.417. The average Bonchev–Trinajstić information content (AvgIpc) is 2.26. The van der Waals surface area contributed by atoms with Gasteiger partial charge < -0.3 is 4.74 Å². The second-order valence-electron chi connectivity index (χ2n) is 3.33. The van der Waals surface area contributed by atoms with Gasteiger partial charge >= 0.3 is 0 Å². The minimum atomic E-state index is -0.181. The molecule has 3 heteroatoms. The lowest BCUT2D eigenvalue weighted by Crippen LogP contribution is -2.14. The van der Waals surface area contributed by atoms with Crippen molar-refractivity contribution in [2.24, 2.45) is 0 Å². The summed E-state index contributed by atoms with van der Waals surface area (Å²) in [6.07, 6.45) is 0.831. The van der Waals surface area contributed by atoms with Crippen molar-refractivity contribution in [3.05, 3.63) is 29.3 Å². The molecule has 0 heterocycles. The van der Waals surface area contributed by atoms with E-state index in [0.29, 0.717) is 11.3 Å². The largest absolute Gasteiger partial charge is 0.496 e. The van der Waals surface area contributed by atoms with E-state index in [1.807, 2.05) is 32.0 Å². The zero-order valence-electron chi connectivity index (χ0n) is 9.21. The van der Waals surface area contributed by atoms with E-state index in [2.05, 4.69) is 15.9 Å². The van der Waals surface area contributed by atoms with Crippen molar-refractivity contribution in [1.29, 1.82) is 0 Å². The summed E-state index contributed by atoms with van der Waals surface area (Å²) in [7, 11) is 1.59. The zero-order chi connectivity index (χ0) is 11.4. The summed E-state index contributed by atoms with van der Waals surface area (Å²) < 4.78 is 5.22. The Morgan fingerprint density at radius 1 is 1.53 bits per heavy atom. The molecule has 1 atom stereocenters. The molecule has 1 aromatic rings. The fourth-order valence-electron chi connectivity index (χ4n) is 1.52. The van der Waals surface area contributed by atoms with E-state index in [1.54, 1.807) is 7.11 Å². The lowest BCUT2D eigenvalue weighted by atomic mass is 9.99. The first-order valence-corrected chi connectivity index (χ1v) is 5.87. The van der Waals surface area contributed by atoms with Crippen molar-refractivity contribution in [1.82, 2.24) is 0 Å². The monoisotopic (exact) mass is 270 g/mol. The Morgan fingerprint density at radius 3 is 2.67 bits per heavy atom. The van der Waals surface area contributed by atoms with Gasteiger partial charge in [0.15, 0.2) is 5.78 Å². The summed E-state index contributed by atoms with van der Waals surface area (Å²) in [4.78, 5) is 11.8. The Balaban J connectivity index is 3.28. The molecular formula is C12H15BrO2. The second kappa shape index (κ2) is 5.31. The predicted octanol–water partition coefficient (Wildman–Crippen LogP) is 3.22. The van der Waals surface area contributed by atoms with E-state index in [9.17, 15) is 4.79 Å². The van der Waals surface area contributed by atoms with E-state index < -0.39 is 0 Å². The molecule has 0 aliphatic rings. The first-order chi connectivity index (χ1) is 7.11. The molecule has 0 amide bonds. The normalized spacial score (nSPS) is 12.3. The smallest absolute Gasteiger partial charge is 0.180 e. The summed E-state index contributed by atoms with van der Waals surface area (Å²) in [5.41, 5.74) is 1.73. The molecule has 0 fully saturated rings. The van der Waals surface area contributed by atoms with Crippen LogP contribution in [0.3, 0.4) is 0 Å². The van der Waals surface area contributed by atoms with E-state index in [1.165, 1.54) is 0 Å². The molecule has 1 rings (SSSR count). The summed E-state index contributed by atoms with van der Waals surface area (Å²) in [5, 5.41) is 0. The lowest BCUT2D eigenvalue weighted by Gasteiger charge is -2.12. The van der Waals surface area contributed by atoms with Crippen molar-refractivity contribution >= 4 is 21.7 Å². The first-order valence-electron chi connectivity index (χ1n) is 4.96. The molecule has 82 valence electrons. The standard InChI is InChI=1S/C12H15BrO2/c1-4-9-6-5-7-10(15-3)11(9)12(14)8(2)13/h5-8H,4H2,1-3H3. The van der Waals surface area contributed by atoms with Gasteiger partial charge in [-0.05, 0) is 25.0 Å². The molecule has 0 N–H and O–H groups in total.